The zero-order valence-corrected chi connectivity index (χ0v) is 43.6. The number of aliphatic hydroxyl groups is 1. The van der Waals surface area contributed by atoms with Crippen molar-refractivity contribution >= 4 is 65.5 Å². The molecule has 0 spiro atoms. The second-order valence-corrected chi connectivity index (χ2v) is 20.1. The van der Waals surface area contributed by atoms with Gasteiger partial charge in [0.05, 0.1) is 117 Å². The number of rotatable bonds is 27. The Morgan fingerprint density at radius 2 is 1.27 bits per heavy atom. The van der Waals surface area contributed by atoms with Gasteiger partial charge < -0.3 is 54.0 Å². The fraction of sp³-hybridized carbons (Fsp3) is 0.481. The maximum atomic E-state index is 13.7. The molecule has 4 amide bonds. The van der Waals surface area contributed by atoms with Crippen LogP contribution < -0.4 is 20.1 Å². The molecule has 4 aliphatic rings. The van der Waals surface area contributed by atoms with Gasteiger partial charge >= 0.3 is 0 Å². The van der Waals surface area contributed by atoms with Crippen LogP contribution in [0.1, 0.15) is 101 Å². The molecule has 2 saturated heterocycles. The lowest BCUT2D eigenvalue weighted by atomic mass is 10.0. The number of pyridine rings is 1. The highest BCUT2D eigenvalue weighted by Gasteiger charge is 2.36. The summed E-state index contributed by atoms with van der Waals surface area (Å²) in [6.45, 7) is 11.7. The summed E-state index contributed by atoms with van der Waals surface area (Å²) >= 11 is 1.43. The van der Waals surface area contributed by atoms with Crippen molar-refractivity contribution in [2.75, 3.05) is 85.3 Å². The summed E-state index contributed by atoms with van der Waals surface area (Å²) in [5, 5.41) is 16.0. The van der Waals surface area contributed by atoms with Crippen molar-refractivity contribution in [2.24, 2.45) is 9.98 Å². The Labute approximate surface area is 436 Å². The number of nitrogens with zero attached hydrogens (tertiary/aromatic N) is 5. The number of aldehydes is 1. The van der Waals surface area contributed by atoms with Crippen LogP contribution in [0.25, 0.3) is 0 Å². The Kier molecular flexibility index (Phi) is 20.1. The van der Waals surface area contributed by atoms with Crippen LogP contribution in [0.5, 0.6) is 11.5 Å². The second kappa shape index (κ2) is 26.8. The standard InChI is InChI=1S/C54H67N7O12S/c1-6-35-18-42-26-57-46-24-48(37(30-62)20-44(46)52(66)60(42)28-35)72-32-40-22-39(54(3,4)74-34-51(65)56-9-11-69-13-15-71-17-16-70-14-12-68-10-8-50(64)55-5)23-41(59-40)33-73-49-25-47-45(21-38(49)31-63)53(67)61-29-36(7-2)19-43(61)27-58-47/h6-7,20-27,30,42-43,63H,8-19,28-29,31-34H2,1-5H3,(H,55,64)(H,56,65)/b35-6+,36-7+/t42-,43-/m0/s1. The third kappa shape index (κ3) is 14.5. The normalized spacial score (nSPS) is 18.0. The van der Waals surface area contributed by atoms with Crippen molar-refractivity contribution in [2.45, 2.75) is 83.6 Å². The van der Waals surface area contributed by atoms with Gasteiger partial charge in [0.1, 0.15) is 24.7 Å². The average Bonchev–Trinajstić information content (AvgIpc) is 3.98. The first-order chi connectivity index (χ1) is 35.8. The van der Waals surface area contributed by atoms with Crippen LogP contribution in [0.3, 0.4) is 0 Å². The highest BCUT2D eigenvalue weighted by Crippen LogP contribution is 2.39. The van der Waals surface area contributed by atoms with Gasteiger partial charge in [-0.3, -0.25) is 38.9 Å². The van der Waals surface area contributed by atoms with Gasteiger partial charge in [-0.25, -0.2) is 0 Å². The van der Waals surface area contributed by atoms with Crippen LogP contribution in [-0.4, -0.2) is 160 Å². The lowest BCUT2D eigenvalue weighted by molar-refractivity contribution is -0.122. The molecule has 396 valence electrons. The summed E-state index contributed by atoms with van der Waals surface area (Å²) in [6.07, 6.45) is 9.98. The fourth-order valence-electron chi connectivity index (χ4n) is 8.70. The molecule has 0 saturated carbocycles. The molecule has 2 aromatic carbocycles. The quantitative estimate of drug-likeness (QED) is 0.0481. The number of aromatic nitrogens is 1. The van der Waals surface area contributed by atoms with Crippen molar-refractivity contribution in [3.63, 3.8) is 0 Å². The Balaban J connectivity index is 0.983. The molecule has 20 heteroatoms. The zero-order valence-electron chi connectivity index (χ0n) is 42.8. The fourth-order valence-corrected chi connectivity index (χ4v) is 9.58. The smallest absolute Gasteiger partial charge is 0.256 e. The van der Waals surface area contributed by atoms with E-state index in [4.69, 9.17) is 38.4 Å². The number of carbonyl (C=O) groups is 5. The molecule has 7 rings (SSSR count). The third-order valence-corrected chi connectivity index (χ3v) is 14.4. The van der Waals surface area contributed by atoms with Crippen molar-refractivity contribution in [3.05, 3.63) is 98.9 Å². The van der Waals surface area contributed by atoms with E-state index in [2.05, 4.69) is 15.6 Å². The number of thioether (sulfide) groups is 1. The maximum Gasteiger partial charge on any atom is 0.256 e. The number of fused-ring (bicyclic) bond motifs is 4. The topological polar surface area (TPSA) is 229 Å². The minimum atomic E-state index is -0.635. The van der Waals surface area contributed by atoms with E-state index < -0.39 is 4.75 Å². The summed E-state index contributed by atoms with van der Waals surface area (Å²) in [7, 11) is 1.58. The Morgan fingerprint density at radius 1 is 0.743 bits per heavy atom. The molecule has 3 N–H and O–H groups in total. The van der Waals surface area contributed by atoms with Gasteiger partial charge in [-0.05, 0) is 70.4 Å². The Hall–Kier alpha value is -6.29. The van der Waals surface area contributed by atoms with Gasteiger partial charge in [0, 0.05) is 68.0 Å². The highest BCUT2D eigenvalue weighted by molar-refractivity contribution is 8.00. The molecule has 0 unspecified atom stereocenters. The number of nitrogens with one attached hydrogen (secondary N) is 2. The number of ether oxygens (including phenoxy) is 6. The van der Waals surface area contributed by atoms with Gasteiger partial charge in [-0.1, -0.05) is 23.3 Å². The van der Waals surface area contributed by atoms with Crippen molar-refractivity contribution in [1.82, 2.24) is 25.4 Å². The molecule has 1 aromatic heterocycles. The van der Waals surface area contributed by atoms with Crippen LogP contribution >= 0.6 is 11.8 Å². The van der Waals surface area contributed by atoms with Gasteiger partial charge in [-0.2, -0.15) is 0 Å². The number of carbonyl (C=O) groups excluding carboxylic acids is 5. The van der Waals surface area contributed by atoms with E-state index in [1.807, 2.05) is 52.0 Å². The highest BCUT2D eigenvalue weighted by atomic mass is 32.2. The summed E-state index contributed by atoms with van der Waals surface area (Å²) in [6, 6.07) is 9.89. The summed E-state index contributed by atoms with van der Waals surface area (Å²) in [4.78, 5) is 82.0. The molecular weight excluding hydrogens is 971 g/mol. The van der Waals surface area contributed by atoms with Crippen molar-refractivity contribution in [3.8, 4) is 11.5 Å². The third-order valence-electron chi connectivity index (χ3n) is 13.0. The van der Waals surface area contributed by atoms with E-state index in [1.54, 1.807) is 47.5 Å². The molecule has 19 nitrogen and oxygen atoms in total. The molecule has 4 aliphatic heterocycles. The number of aliphatic hydroxyl groups excluding tert-OH is 1. The molecule has 0 bridgehead atoms. The van der Waals surface area contributed by atoms with Crippen LogP contribution in [-0.2, 0) is 53.1 Å². The molecule has 5 heterocycles. The molecule has 0 radical (unpaired) electrons. The molecular formula is C54H67N7O12S. The number of aliphatic imine (C=N–C) groups is 2. The first-order valence-electron chi connectivity index (χ1n) is 24.9. The molecule has 0 aliphatic carbocycles. The number of amides is 4. The predicted octanol–water partition coefficient (Wildman–Crippen LogP) is 5.58. The van der Waals surface area contributed by atoms with E-state index in [-0.39, 0.29) is 72.6 Å². The van der Waals surface area contributed by atoms with Crippen LogP contribution in [0.2, 0.25) is 0 Å². The Bertz CT molecular complexity index is 2650. The summed E-state index contributed by atoms with van der Waals surface area (Å²) < 4.78 is 34.0. The Morgan fingerprint density at radius 3 is 1.81 bits per heavy atom. The number of allylic oxidation sites excluding steroid dienone is 2. The van der Waals surface area contributed by atoms with Gasteiger partial charge in [-0.15, -0.1) is 11.8 Å². The predicted molar refractivity (Wildman–Crippen MR) is 280 cm³/mol. The average molecular weight is 1040 g/mol. The van der Waals surface area contributed by atoms with Crippen molar-refractivity contribution < 1.29 is 57.5 Å². The van der Waals surface area contributed by atoms with Gasteiger partial charge in [0.25, 0.3) is 11.8 Å². The van der Waals surface area contributed by atoms with E-state index in [1.165, 1.54) is 17.8 Å². The lowest BCUT2D eigenvalue weighted by Gasteiger charge is -2.26. The molecule has 2 atom stereocenters. The van der Waals surface area contributed by atoms with Crippen LogP contribution in [0.15, 0.2) is 69.7 Å². The second-order valence-electron chi connectivity index (χ2n) is 18.5. The lowest BCUT2D eigenvalue weighted by Crippen LogP contribution is -2.35. The minimum Gasteiger partial charge on any atom is -0.487 e. The SMILES string of the molecule is C/C=C1\C[C@H]2C=Nc3cc(OCc4cc(C(C)(C)SCC(=O)NCCOCCOCCOCCOCCC(=O)NC)cc(COc5cc6c(cc5CO)C(=O)N5C/C(=C/C)C[C@H]5C=N6)n4)c(C=O)cc3C(=O)N2C1. The van der Waals surface area contributed by atoms with Gasteiger partial charge in [0.2, 0.25) is 11.8 Å². The summed E-state index contributed by atoms with van der Waals surface area (Å²) in [5.74, 6) is 0.120. The van der Waals surface area contributed by atoms with Crippen LogP contribution in [0, 0.1) is 0 Å². The van der Waals surface area contributed by atoms with E-state index >= 15 is 0 Å². The van der Waals surface area contributed by atoms with E-state index in [0.717, 1.165) is 16.7 Å². The molecule has 3 aromatic rings. The molecule has 74 heavy (non-hydrogen) atoms. The summed E-state index contributed by atoms with van der Waals surface area (Å²) in [5.41, 5.74) is 6.31. The van der Waals surface area contributed by atoms with Crippen molar-refractivity contribution in [1.29, 1.82) is 0 Å². The number of hydrogen-bond donors (Lipinski definition) is 3. The van der Waals surface area contributed by atoms with Gasteiger partial charge in [0.15, 0.2) is 6.29 Å². The first-order valence-corrected chi connectivity index (χ1v) is 25.9. The monoisotopic (exact) mass is 1040 g/mol. The minimum absolute atomic E-state index is 0.0382. The number of hydrogen-bond acceptors (Lipinski definition) is 16. The largest absolute Gasteiger partial charge is 0.487 e. The van der Waals surface area contributed by atoms with E-state index in [9.17, 15) is 29.1 Å². The maximum absolute atomic E-state index is 13.7. The number of benzene rings is 2. The van der Waals surface area contributed by atoms with Crippen LogP contribution in [0.4, 0.5) is 11.4 Å². The zero-order chi connectivity index (χ0) is 52.6. The molecule has 2 fully saturated rings. The van der Waals surface area contributed by atoms with E-state index in [0.29, 0.717) is 143 Å². The first kappa shape index (κ1) is 55.5.